The Hall–Kier alpha value is -3.31. The van der Waals surface area contributed by atoms with Gasteiger partial charge in [-0.3, -0.25) is 4.90 Å². The van der Waals surface area contributed by atoms with Crippen molar-refractivity contribution in [3.63, 3.8) is 0 Å². The van der Waals surface area contributed by atoms with Crippen LogP contribution < -0.4 is 15.0 Å². The van der Waals surface area contributed by atoms with Crippen LogP contribution in [0.1, 0.15) is 69.1 Å². The van der Waals surface area contributed by atoms with Gasteiger partial charge in [0.25, 0.3) is 0 Å². The Morgan fingerprint density at radius 1 is 0.857 bits per heavy atom. The number of amides is 2. The van der Waals surface area contributed by atoms with E-state index in [-0.39, 0.29) is 24.5 Å². The summed E-state index contributed by atoms with van der Waals surface area (Å²) >= 11 is 0. The van der Waals surface area contributed by atoms with Crippen LogP contribution >= 0.6 is 0 Å². The number of hydrogen-bond donors (Lipinski definition) is 2. The molecule has 2 amide bonds. The Kier molecular flexibility index (Phi) is 9.74. The molecule has 3 aromatic carbocycles. The highest BCUT2D eigenvalue weighted by atomic mass is 16.5. The van der Waals surface area contributed by atoms with Crippen molar-refractivity contribution >= 4 is 17.4 Å². The van der Waals surface area contributed by atoms with Crippen LogP contribution in [-0.2, 0) is 6.54 Å². The predicted molar refractivity (Wildman–Crippen MR) is 145 cm³/mol. The molecule has 0 aliphatic carbocycles. The lowest BCUT2D eigenvalue weighted by molar-refractivity contribution is 0.253. The summed E-state index contributed by atoms with van der Waals surface area (Å²) in [5.41, 5.74) is 5.02. The molecule has 0 radical (unpaired) electrons. The molecule has 3 aromatic rings. The van der Waals surface area contributed by atoms with E-state index >= 15 is 0 Å². The highest BCUT2D eigenvalue weighted by Crippen LogP contribution is 2.33. The summed E-state index contributed by atoms with van der Waals surface area (Å²) in [6.07, 6.45) is 1.52. The van der Waals surface area contributed by atoms with Gasteiger partial charge in [0.1, 0.15) is 5.75 Å². The topological polar surface area (TPSA) is 61.8 Å². The number of aliphatic hydroxyl groups is 1. The molecule has 5 heteroatoms. The van der Waals surface area contributed by atoms with Crippen molar-refractivity contribution in [1.82, 2.24) is 0 Å². The van der Waals surface area contributed by atoms with E-state index in [4.69, 9.17) is 9.84 Å². The van der Waals surface area contributed by atoms with E-state index in [9.17, 15) is 4.79 Å². The molecule has 3 rings (SSSR count). The monoisotopic (exact) mass is 474 g/mol. The van der Waals surface area contributed by atoms with Crippen LogP contribution in [0, 0.1) is 0 Å². The van der Waals surface area contributed by atoms with E-state index in [2.05, 4.69) is 51.2 Å². The minimum absolute atomic E-state index is 0.166. The molecule has 0 bridgehead atoms. The van der Waals surface area contributed by atoms with Crippen LogP contribution in [0.3, 0.4) is 0 Å². The van der Waals surface area contributed by atoms with Gasteiger partial charge in [0.15, 0.2) is 0 Å². The third-order valence-electron chi connectivity index (χ3n) is 6.00. The first kappa shape index (κ1) is 26.3. The minimum Gasteiger partial charge on any atom is -0.494 e. The van der Waals surface area contributed by atoms with Crippen molar-refractivity contribution in [3.05, 3.63) is 89.5 Å². The van der Waals surface area contributed by atoms with E-state index < -0.39 is 0 Å². The highest BCUT2D eigenvalue weighted by Gasteiger charge is 2.21. The van der Waals surface area contributed by atoms with Gasteiger partial charge >= 0.3 is 6.03 Å². The minimum atomic E-state index is -0.166. The third-order valence-corrected chi connectivity index (χ3v) is 6.00. The predicted octanol–water partition coefficient (Wildman–Crippen LogP) is 7.32. The lowest BCUT2D eigenvalue weighted by atomic mass is 9.93. The SMILES string of the molecule is CC(C)c1cccc(C(C)C)c1NC(=O)N(Cc1ccccc1)c1ccc(OCCCCO)cc1. The van der Waals surface area contributed by atoms with Crippen molar-refractivity contribution in [2.45, 2.75) is 58.9 Å². The number of carbonyl (C=O) groups excluding carboxylic acids is 1. The normalized spacial score (nSPS) is 11.1. The highest BCUT2D eigenvalue weighted by molar-refractivity contribution is 6.02. The van der Waals surface area contributed by atoms with Gasteiger partial charge in [-0.2, -0.15) is 0 Å². The molecule has 0 aliphatic heterocycles. The standard InChI is InChI=1S/C30H38N2O3/c1-22(2)27-13-10-14-28(23(3)4)29(27)31-30(34)32(21-24-11-6-5-7-12-24)25-15-17-26(18-16-25)35-20-9-8-19-33/h5-7,10-18,22-23,33H,8-9,19-21H2,1-4H3,(H,31,34). The zero-order valence-corrected chi connectivity index (χ0v) is 21.3. The van der Waals surface area contributed by atoms with Crippen molar-refractivity contribution < 1.29 is 14.6 Å². The zero-order valence-electron chi connectivity index (χ0n) is 21.3. The molecule has 5 nitrogen and oxygen atoms in total. The van der Waals surface area contributed by atoms with E-state index in [1.165, 1.54) is 0 Å². The lowest BCUT2D eigenvalue weighted by Crippen LogP contribution is -2.35. The molecule has 0 spiro atoms. The molecular weight excluding hydrogens is 436 g/mol. The van der Waals surface area contributed by atoms with Gasteiger partial charge in [0, 0.05) is 18.0 Å². The number of anilines is 2. The number of aliphatic hydroxyl groups excluding tert-OH is 1. The van der Waals surface area contributed by atoms with Gasteiger partial charge in [-0.25, -0.2) is 4.79 Å². The van der Waals surface area contributed by atoms with Gasteiger partial charge < -0.3 is 15.2 Å². The van der Waals surface area contributed by atoms with Crippen molar-refractivity contribution in [1.29, 1.82) is 0 Å². The number of para-hydroxylation sites is 1. The Balaban J connectivity index is 1.89. The lowest BCUT2D eigenvalue weighted by Gasteiger charge is -2.26. The number of nitrogens with zero attached hydrogens (tertiary/aromatic N) is 1. The number of rotatable bonds is 11. The third kappa shape index (κ3) is 7.33. The average Bonchev–Trinajstić information content (AvgIpc) is 2.86. The maximum Gasteiger partial charge on any atom is 0.326 e. The van der Waals surface area contributed by atoms with E-state index in [1.807, 2.05) is 54.6 Å². The summed E-state index contributed by atoms with van der Waals surface area (Å²) in [6.45, 7) is 9.77. The van der Waals surface area contributed by atoms with Gasteiger partial charge in [-0.05, 0) is 65.6 Å². The second-order valence-corrected chi connectivity index (χ2v) is 9.40. The molecular formula is C30H38N2O3. The Morgan fingerprint density at radius 3 is 2.06 bits per heavy atom. The molecule has 186 valence electrons. The first-order valence-corrected chi connectivity index (χ1v) is 12.5. The number of carbonyl (C=O) groups is 1. The fraction of sp³-hybridized carbons (Fsp3) is 0.367. The van der Waals surface area contributed by atoms with Crippen LogP contribution in [0.5, 0.6) is 5.75 Å². The van der Waals surface area contributed by atoms with E-state index in [0.29, 0.717) is 13.2 Å². The summed E-state index contributed by atoms with van der Waals surface area (Å²) in [6, 6.07) is 23.7. The van der Waals surface area contributed by atoms with Gasteiger partial charge in [-0.15, -0.1) is 0 Å². The number of urea groups is 1. The number of nitrogens with one attached hydrogen (secondary N) is 1. The summed E-state index contributed by atoms with van der Waals surface area (Å²) in [5, 5.41) is 12.2. The molecule has 0 saturated heterocycles. The molecule has 0 aliphatic rings. The van der Waals surface area contributed by atoms with Gasteiger partial charge in [-0.1, -0.05) is 76.2 Å². The Labute approximate surface area is 209 Å². The zero-order chi connectivity index (χ0) is 25.2. The Bertz CT molecular complexity index is 1040. The van der Waals surface area contributed by atoms with Crippen LogP contribution in [0.25, 0.3) is 0 Å². The fourth-order valence-corrected chi connectivity index (χ4v) is 4.04. The second-order valence-electron chi connectivity index (χ2n) is 9.40. The fourth-order valence-electron chi connectivity index (χ4n) is 4.04. The van der Waals surface area contributed by atoms with Crippen molar-refractivity contribution in [2.24, 2.45) is 0 Å². The van der Waals surface area contributed by atoms with Gasteiger partial charge in [0.05, 0.1) is 13.2 Å². The van der Waals surface area contributed by atoms with Crippen molar-refractivity contribution in [2.75, 3.05) is 23.4 Å². The number of benzene rings is 3. The smallest absolute Gasteiger partial charge is 0.326 e. The number of ether oxygens (including phenoxy) is 1. The molecule has 0 aromatic heterocycles. The van der Waals surface area contributed by atoms with E-state index in [1.54, 1.807) is 4.90 Å². The molecule has 2 N–H and O–H groups in total. The number of unbranched alkanes of at least 4 members (excludes halogenated alkanes) is 1. The molecule has 0 saturated carbocycles. The number of hydrogen-bond acceptors (Lipinski definition) is 3. The molecule has 0 unspecified atom stereocenters. The summed E-state index contributed by atoms with van der Waals surface area (Å²) < 4.78 is 5.77. The van der Waals surface area contributed by atoms with Crippen LogP contribution in [0.2, 0.25) is 0 Å². The van der Waals surface area contributed by atoms with Crippen LogP contribution in [0.4, 0.5) is 16.2 Å². The first-order chi connectivity index (χ1) is 16.9. The largest absolute Gasteiger partial charge is 0.494 e. The van der Waals surface area contributed by atoms with E-state index in [0.717, 1.165) is 46.7 Å². The first-order valence-electron chi connectivity index (χ1n) is 12.5. The van der Waals surface area contributed by atoms with Crippen molar-refractivity contribution in [3.8, 4) is 5.75 Å². The van der Waals surface area contributed by atoms with Gasteiger partial charge in [0.2, 0.25) is 0 Å². The average molecular weight is 475 g/mol. The summed E-state index contributed by atoms with van der Waals surface area (Å²) in [5.74, 6) is 1.32. The second kappa shape index (κ2) is 13.0. The maximum absolute atomic E-state index is 13.8. The van der Waals surface area contributed by atoms with Crippen LogP contribution in [0.15, 0.2) is 72.8 Å². The summed E-state index contributed by atoms with van der Waals surface area (Å²) in [7, 11) is 0. The molecule has 0 atom stereocenters. The summed E-state index contributed by atoms with van der Waals surface area (Å²) in [4.78, 5) is 15.5. The maximum atomic E-state index is 13.8. The molecule has 35 heavy (non-hydrogen) atoms. The van der Waals surface area contributed by atoms with Crippen LogP contribution in [-0.4, -0.2) is 24.4 Å². The quantitative estimate of drug-likeness (QED) is 0.286. The molecule has 0 heterocycles. The molecule has 0 fully saturated rings. The Morgan fingerprint density at radius 2 is 1.49 bits per heavy atom.